The van der Waals surface area contributed by atoms with Gasteiger partial charge in [0.15, 0.2) is 0 Å². The molecule has 2 N–H and O–H groups in total. The van der Waals surface area contributed by atoms with Crippen molar-refractivity contribution in [3.8, 4) is 0 Å². The lowest BCUT2D eigenvalue weighted by atomic mass is 9.92. The molecule has 0 aromatic heterocycles. The van der Waals surface area contributed by atoms with Crippen LogP contribution in [0.1, 0.15) is 43.0 Å². The number of nitro benzene ring substituents is 1. The van der Waals surface area contributed by atoms with E-state index in [0.29, 0.717) is 12.1 Å². The molecule has 120 valence electrons. The number of aliphatic hydroxyl groups is 1. The van der Waals surface area contributed by atoms with E-state index in [1.807, 2.05) is 0 Å². The van der Waals surface area contributed by atoms with Gasteiger partial charge in [-0.05, 0) is 31.9 Å². The second-order valence-electron chi connectivity index (χ2n) is 5.31. The summed E-state index contributed by atoms with van der Waals surface area (Å²) < 4.78 is 4.85. The third-order valence-corrected chi connectivity index (χ3v) is 3.78. The number of carbonyl (C=O) groups excluding carboxylic acids is 1. The number of anilines is 1. The number of ether oxygens (including phenoxy) is 1. The van der Waals surface area contributed by atoms with Crippen LogP contribution in [-0.4, -0.2) is 34.8 Å². The van der Waals surface area contributed by atoms with E-state index < -0.39 is 17.0 Å². The largest absolute Gasteiger partial charge is 0.462 e. The van der Waals surface area contributed by atoms with Crippen LogP contribution in [0.2, 0.25) is 0 Å². The first-order valence-corrected chi connectivity index (χ1v) is 7.43. The highest BCUT2D eigenvalue weighted by Crippen LogP contribution is 2.29. The molecule has 1 aliphatic carbocycles. The minimum atomic E-state index is -0.588. The molecule has 7 heteroatoms. The molecule has 1 aromatic rings. The predicted octanol–water partition coefficient (Wildman–Crippen LogP) is 2.49. The van der Waals surface area contributed by atoms with Gasteiger partial charge < -0.3 is 15.2 Å². The van der Waals surface area contributed by atoms with Gasteiger partial charge in [-0.15, -0.1) is 0 Å². The maximum absolute atomic E-state index is 11.7. The Morgan fingerprint density at radius 1 is 1.45 bits per heavy atom. The van der Waals surface area contributed by atoms with Crippen molar-refractivity contribution >= 4 is 17.3 Å². The van der Waals surface area contributed by atoms with Crippen molar-refractivity contribution in [3.05, 3.63) is 33.9 Å². The summed E-state index contributed by atoms with van der Waals surface area (Å²) in [6, 6.07) is 3.98. The van der Waals surface area contributed by atoms with Gasteiger partial charge in [0.2, 0.25) is 0 Å². The fourth-order valence-electron chi connectivity index (χ4n) is 2.63. The van der Waals surface area contributed by atoms with Crippen molar-refractivity contribution in [2.45, 2.75) is 44.8 Å². The average Bonchev–Trinajstić information content (AvgIpc) is 2.50. The van der Waals surface area contributed by atoms with E-state index in [9.17, 15) is 20.0 Å². The van der Waals surface area contributed by atoms with Crippen LogP contribution in [-0.2, 0) is 4.74 Å². The Kier molecular flexibility index (Phi) is 5.32. The fraction of sp³-hybridized carbons (Fsp3) is 0.533. The van der Waals surface area contributed by atoms with Crippen molar-refractivity contribution in [1.82, 2.24) is 0 Å². The number of nitrogens with zero attached hydrogens (tertiary/aromatic N) is 1. The summed E-state index contributed by atoms with van der Waals surface area (Å²) >= 11 is 0. The standard InChI is InChI=1S/C15H20N2O5/c1-2-22-15(19)10-7-8-11(13(9-10)17(20)21)16-12-5-3-4-6-14(12)18/h7-9,12,14,16,18H,2-6H2,1H3. The van der Waals surface area contributed by atoms with Crippen LogP contribution in [0.3, 0.4) is 0 Å². The zero-order chi connectivity index (χ0) is 16.1. The van der Waals surface area contributed by atoms with Crippen molar-refractivity contribution in [2.24, 2.45) is 0 Å². The van der Waals surface area contributed by atoms with Gasteiger partial charge in [0, 0.05) is 6.07 Å². The minimum Gasteiger partial charge on any atom is -0.462 e. The number of hydrogen-bond acceptors (Lipinski definition) is 6. The number of esters is 1. The lowest BCUT2D eigenvalue weighted by molar-refractivity contribution is -0.384. The van der Waals surface area contributed by atoms with Crippen molar-refractivity contribution in [3.63, 3.8) is 0 Å². The van der Waals surface area contributed by atoms with E-state index in [2.05, 4.69) is 5.32 Å². The highest BCUT2D eigenvalue weighted by atomic mass is 16.6. The van der Waals surface area contributed by atoms with Crippen LogP contribution < -0.4 is 5.32 Å². The summed E-state index contributed by atoms with van der Waals surface area (Å²) in [5.74, 6) is -0.588. The third-order valence-electron chi connectivity index (χ3n) is 3.78. The number of hydrogen-bond donors (Lipinski definition) is 2. The molecule has 1 aromatic carbocycles. The van der Waals surface area contributed by atoms with Crippen LogP contribution in [0.15, 0.2) is 18.2 Å². The van der Waals surface area contributed by atoms with Crippen molar-refractivity contribution < 1.29 is 19.6 Å². The molecule has 0 bridgehead atoms. The SMILES string of the molecule is CCOC(=O)c1ccc(NC2CCCCC2O)c([N+](=O)[O-])c1. The number of carbonyl (C=O) groups is 1. The Hall–Kier alpha value is -2.15. The zero-order valence-corrected chi connectivity index (χ0v) is 12.4. The first-order valence-electron chi connectivity index (χ1n) is 7.43. The molecule has 2 unspecified atom stereocenters. The Morgan fingerprint density at radius 3 is 2.82 bits per heavy atom. The first kappa shape index (κ1) is 16.2. The quantitative estimate of drug-likeness (QED) is 0.492. The van der Waals surface area contributed by atoms with Crippen molar-refractivity contribution in [2.75, 3.05) is 11.9 Å². The van der Waals surface area contributed by atoms with Gasteiger partial charge in [-0.25, -0.2) is 4.79 Å². The molecule has 0 amide bonds. The average molecular weight is 308 g/mol. The Balaban J connectivity index is 2.23. The van der Waals surface area contributed by atoms with E-state index in [4.69, 9.17) is 4.74 Å². The van der Waals surface area contributed by atoms with E-state index in [-0.39, 0.29) is 23.9 Å². The van der Waals surface area contributed by atoms with Gasteiger partial charge in [0.1, 0.15) is 5.69 Å². The fourth-order valence-corrected chi connectivity index (χ4v) is 2.63. The first-order chi connectivity index (χ1) is 10.5. The molecule has 0 spiro atoms. The Bertz CT molecular complexity index is 561. The highest BCUT2D eigenvalue weighted by molar-refractivity contribution is 5.91. The minimum absolute atomic E-state index is 0.142. The van der Waals surface area contributed by atoms with Gasteiger partial charge in [-0.3, -0.25) is 10.1 Å². The molecular formula is C15H20N2O5. The number of nitrogens with one attached hydrogen (secondary N) is 1. The summed E-state index contributed by atoms with van der Waals surface area (Å²) in [5.41, 5.74) is 0.260. The summed E-state index contributed by atoms with van der Waals surface area (Å²) in [5, 5.41) is 24.2. The van der Waals surface area contributed by atoms with E-state index >= 15 is 0 Å². The van der Waals surface area contributed by atoms with Gasteiger partial charge in [-0.2, -0.15) is 0 Å². The maximum Gasteiger partial charge on any atom is 0.338 e. The molecule has 7 nitrogen and oxygen atoms in total. The van der Waals surface area contributed by atoms with E-state index in [1.165, 1.54) is 18.2 Å². The van der Waals surface area contributed by atoms with Crippen LogP contribution in [0.5, 0.6) is 0 Å². The number of aliphatic hydroxyl groups excluding tert-OH is 1. The third kappa shape index (κ3) is 3.73. The molecule has 1 fully saturated rings. The summed E-state index contributed by atoms with van der Waals surface area (Å²) in [7, 11) is 0. The van der Waals surface area contributed by atoms with Crippen molar-refractivity contribution in [1.29, 1.82) is 0 Å². The molecule has 0 aliphatic heterocycles. The highest BCUT2D eigenvalue weighted by Gasteiger charge is 2.26. The van der Waals surface area contributed by atoms with Crippen LogP contribution in [0.4, 0.5) is 11.4 Å². The van der Waals surface area contributed by atoms with Gasteiger partial charge in [-0.1, -0.05) is 12.8 Å². The molecule has 0 saturated heterocycles. The van der Waals surface area contributed by atoms with Crippen LogP contribution >= 0.6 is 0 Å². The Labute approximate surface area is 128 Å². The lowest BCUT2D eigenvalue weighted by Crippen LogP contribution is -2.36. The van der Waals surface area contributed by atoms with E-state index in [1.54, 1.807) is 6.92 Å². The molecule has 0 heterocycles. The maximum atomic E-state index is 11.7. The van der Waals surface area contributed by atoms with Gasteiger partial charge in [0.05, 0.1) is 29.2 Å². The molecule has 1 saturated carbocycles. The number of benzene rings is 1. The molecule has 0 radical (unpaired) electrons. The second kappa shape index (κ2) is 7.22. The molecule has 2 atom stereocenters. The summed E-state index contributed by atoms with van der Waals surface area (Å²) in [4.78, 5) is 22.4. The second-order valence-corrected chi connectivity index (χ2v) is 5.31. The monoisotopic (exact) mass is 308 g/mol. The topological polar surface area (TPSA) is 102 Å². The molecular weight excluding hydrogens is 288 g/mol. The molecule has 22 heavy (non-hydrogen) atoms. The van der Waals surface area contributed by atoms with Crippen LogP contribution in [0.25, 0.3) is 0 Å². The zero-order valence-electron chi connectivity index (χ0n) is 12.4. The van der Waals surface area contributed by atoms with E-state index in [0.717, 1.165) is 19.3 Å². The lowest BCUT2D eigenvalue weighted by Gasteiger charge is -2.29. The number of rotatable bonds is 5. The summed E-state index contributed by atoms with van der Waals surface area (Å²) in [6.07, 6.45) is 2.87. The molecule has 1 aliphatic rings. The summed E-state index contributed by atoms with van der Waals surface area (Å²) in [6.45, 7) is 1.88. The smallest absolute Gasteiger partial charge is 0.338 e. The normalized spacial score (nSPS) is 21.2. The van der Waals surface area contributed by atoms with Gasteiger partial charge >= 0.3 is 5.97 Å². The van der Waals surface area contributed by atoms with Crippen LogP contribution in [0, 0.1) is 10.1 Å². The van der Waals surface area contributed by atoms with Gasteiger partial charge in [0.25, 0.3) is 5.69 Å². The molecule has 2 rings (SSSR count). The predicted molar refractivity (Wildman–Crippen MR) is 80.9 cm³/mol. The number of nitro groups is 1. The Morgan fingerprint density at radius 2 is 2.18 bits per heavy atom.